The summed E-state index contributed by atoms with van der Waals surface area (Å²) < 4.78 is 0. The molecule has 3 saturated heterocycles. The third-order valence-electron chi connectivity index (χ3n) is 6.06. The fourth-order valence-electron chi connectivity index (χ4n) is 4.62. The second kappa shape index (κ2) is 6.67. The molecular weight excluding hydrogens is 302 g/mol. The molecule has 3 aliphatic rings. The first kappa shape index (κ1) is 15.8. The summed E-state index contributed by atoms with van der Waals surface area (Å²) in [5.41, 5.74) is 0. The van der Waals surface area contributed by atoms with Crippen LogP contribution in [0.4, 0.5) is 5.82 Å². The van der Waals surface area contributed by atoms with Crippen LogP contribution in [0.5, 0.6) is 0 Å². The van der Waals surface area contributed by atoms with Crippen molar-refractivity contribution in [2.24, 2.45) is 5.92 Å². The Kier molecular flexibility index (Phi) is 4.39. The third-order valence-corrected chi connectivity index (χ3v) is 6.06. The molecule has 0 aromatic carbocycles. The number of nitrogens with one attached hydrogen (secondary N) is 1. The molecule has 3 fully saturated rings. The van der Waals surface area contributed by atoms with Crippen LogP contribution in [-0.4, -0.2) is 59.0 Å². The van der Waals surface area contributed by atoms with E-state index in [9.17, 15) is 4.79 Å². The van der Waals surface area contributed by atoms with Gasteiger partial charge in [0.05, 0.1) is 6.20 Å². The molecule has 2 bridgehead atoms. The maximum atomic E-state index is 12.9. The van der Waals surface area contributed by atoms with Crippen molar-refractivity contribution >= 4 is 11.7 Å². The molecule has 0 saturated carbocycles. The van der Waals surface area contributed by atoms with Gasteiger partial charge in [-0.3, -0.25) is 9.78 Å². The van der Waals surface area contributed by atoms with Crippen LogP contribution < -0.4 is 10.2 Å². The minimum atomic E-state index is 0.162. The predicted octanol–water partition coefficient (Wildman–Crippen LogP) is 1.43. The number of amides is 1. The van der Waals surface area contributed by atoms with Crippen molar-refractivity contribution in [2.75, 3.05) is 25.0 Å². The fraction of sp³-hybridized carbons (Fsp3) is 0.722. The lowest BCUT2D eigenvalue weighted by atomic mass is 9.92. The molecule has 0 radical (unpaired) electrons. The van der Waals surface area contributed by atoms with Crippen molar-refractivity contribution in [3.8, 4) is 0 Å². The molecule has 2 atom stereocenters. The average molecular weight is 329 g/mol. The zero-order valence-electron chi connectivity index (χ0n) is 14.4. The number of aromatic nitrogens is 2. The maximum Gasteiger partial charge on any atom is 0.225 e. The lowest BCUT2D eigenvalue weighted by molar-refractivity contribution is -0.137. The number of hydrogen-bond acceptors (Lipinski definition) is 5. The van der Waals surface area contributed by atoms with Crippen LogP contribution in [0.15, 0.2) is 18.6 Å². The zero-order valence-corrected chi connectivity index (χ0v) is 14.4. The smallest absolute Gasteiger partial charge is 0.225 e. The summed E-state index contributed by atoms with van der Waals surface area (Å²) in [6.45, 7) is 1.78. The van der Waals surface area contributed by atoms with E-state index in [1.165, 1.54) is 12.8 Å². The molecule has 4 heterocycles. The highest BCUT2D eigenvalue weighted by atomic mass is 16.2. The fourth-order valence-corrected chi connectivity index (χ4v) is 4.62. The van der Waals surface area contributed by atoms with E-state index < -0.39 is 0 Å². The molecular formula is C18H27N5O. The molecule has 130 valence electrons. The van der Waals surface area contributed by atoms with Crippen LogP contribution in [0.3, 0.4) is 0 Å². The first-order valence-corrected chi connectivity index (χ1v) is 9.24. The molecule has 2 unspecified atom stereocenters. The van der Waals surface area contributed by atoms with Gasteiger partial charge in [0.25, 0.3) is 0 Å². The van der Waals surface area contributed by atoms with Crippen LogP contribution in [0, 0.1) is 5.92 Å². The Labute approximate surface area is 143 Å². The van der Waals surface area contributed by atoms with Gasteiger partial charge in [-0.15, -0.1) is 0 Å². The van der Waals surface area contributed by atoms with Crippen molar-refractivity contribution in [1.29, 1.82) is 0 Å². The Morgan fingerprint density at radius 1 is 1.17 bits per heavy atom. The lowest BCUT2D eigenvalue weighted by Gasteiger charge is -2.39. The number of carbonyl (C=O) groups is 1. The molecule has 0 spiro atoms. The van der Waals surface area contributed by atoms with Crippen molar-refractivity contribution in [2.45, 2.75) is 56.7 Å². The number of nitrogens with zero attached hydrogens (tertiary/aromatic N) is 4. The van der Waals surface area contributed by atoms with Crippen LogP contribution in [0.2, 0.25) is 0 Å². The van der Waals surface area contributed by atoms with Gasteiger partial charge in [-0.1, -0.05) is 0 Å². The molecule has 6 nitrogen and oxygen atoms in total. The van der Waals surface area contributed by atoms with Crippen LogP contribution in [-0.2, 0) is 4.79 Å². The molecule has 1 N–H and O–H groups in total. The maximum absolute atomic E-state index is 12.9. The van der Waals surface area contributed by atoms with Gasteiger partial charge in [-0.05, 0) is 38.5 Å². The summed E-state index contributed by atoms with van der Waals surface area (Å²) in [5, 5.41) is 3.66. The van der Waals surface area contributed by atoms with E-state index in [0.29, 0.717) is 24.0 Å². The summed E-state index contributed by atoms with van der Waals surface area (Å²) in [7, 11) is 2.02. The molecule has 1 amide bonds. The van der Waals surface area contributed by atoms with Gasteiger partial charge in [0.1, 0.15) is 5.82 Å². The first-order valence-electron chi connectivity index (χ1n) is 9.24. The Morgan fingerprint density at radius 3 is 2.50 bits per heavy atom. The number of anilines is 1. The number of carbonyl (C=O) groups excluding carboxylic acids is 1. The van der Waals surface area contributed by atoms with E-state index in [1.54, 1.807) is 18.6 Å². The summed E-state index contributed by atoms with van der Waals surface area (Å²) in [6.07, 6.45) is 11.9. The molecule has 4 rings (SSSR count). The van der Waals surface area contributed by atoms with Crippen molar-refractivity contribution < 1.29 is 4.79 Å². The van der Waals surface area contributed by atoms with E-state index in [-0.39, 0.29) is 5.92 Å². The van der Waals surface area contributed by atoms with Crippen LogP contribution in [0.25, 0.3) is 0 Å². The average Bonchev–Trinajstić information content (AvgIpc) is 2.99. The molecule has 0 aliphatic carbocycles. The Hall–Kier alpha value is -1.69. The highest BCUT2D eigenvalue weighted by Gasteiger charge is 2.38. The molecule has 1 aromatic rings. The van der Waals surface area contributed by atoms with Gasteiger partial charge >= 0.3 is 0 Å². The largest absolute Gasteiger partial charge is 0.355 e. The van der Waals surface area contributed by atoms with Gasteiger partial charge in [0.2, 0.25) is 5.91 Å². The Balaban J connectivity index is 1.32. The number of piperidine rings is 2. The molecule has 1 aromatic heterocycles. The van der Waals surface area contributed by atoms with E-state index in [4.69, 9.17) is 0 Å². The van der Waals surface area contributed by atoms with Crippen molar-refractivity contribution in [3.63, 3.8) is 0 Å². The number of hydrogen-bond donors (Lipinski definition) is 1. The minimum Gasteiger partial charge on any atom is -0.355 e. The van der Waals surface area contributed by atoms with E-state index in [2.05, 4.69) is 25.1 Å². The summed E-state index contributed by atoms with van der Waals surface area (Å²) in [4.78, 5) is 25.7. The van der Waals surface area contributed by atoms with Gasteiger partial charge in [-0.2, -0.15) is 0 Å². The minimum absolute atomic E-state index is 0.162. The standard InChI is InChI=1S/C18H27N5O/c1-22(16-10-14-2-3-15(11-16)21-14)18(24)13-4-8-23(9-5-13)17-12-19-6-7-20-17/h6-7,12-16,21H,2-5,8-11H2,1H3. The normalized spacial score (nSPS) is 30.4. The highest BCUT2D eigenvalue weighted by Crippen LogP contribution is 2.31. The molecule has 3 aliphatic heterocycles. The van der Waals surface area contributed by atoms with Gasteiger partial charge in [-0.25, -0.2) is 4.98 Å². The predicted molar refractivity (Wildman–Crippen MR) is 92.7 cm³/mol. The summed E-state index contributed by atoms with van der Waals surface area (Å²) >= 11 is 0. The lowest BCUT2D eigenvalue weighted by Crippen LogP contribution is -2.51. The summed E-state index contributed by atoms with van der Waals surface area (Å²) in [6, 6.07) is 1.68. The van der Waals surface area contributed by atoms with Gasteiger partial charge in [0.15, 0.2) is 0 Å². The molecule has 6 heteroatoms. The number of fused-ring (bicyclic) bond motifs is 2. The van der Waals surface area contributed by atoms with Gasteiger partial charge < -0.3 is 15.1 Å². The third kappa shape index (κ3) is 3.11. The van der Waals surface area contributed by atoms with E-state index >= 15 is 0 Å². The zero-order chi connectivity index (χ0) is 16.5. The van der Waals surface area contributed by atoms with Crippen LogP contribution in [0.1, 0.15) is 38.5 Å². The summed E-state index contributed by atoms with van der Waals surface area (Å²) in [5.74, 6) is 1.43. The first-order chi connectivity index (χ1) is 11.7. The second-order valence-corrected chi connectivity index (χ2v) is 7.54. The quantitative estimate of drug-likeness (QED) is 0.909. The topological polar surface area (TPSA) is 61.4 Å². The van der Waals surface area contributed by atoms with E-state index in [0.717, 1.165) is 44.6 Å². The Morgan fingerprint density at radius 2 is 1.88 bits per heavy atom. The van der Waals surface area contributed by atoms with Gasteiger partial charge in [0, 0.05) is 56.6 Å². The molecule has 24 heavy (non-hydrogen) atoms. The SMILES string of the molecule is CN(C(=O)C1CCN(c2cnccn2)CC1)C1CC2CCC(C1)N2. The monoisotopic (exact) mass is 329 g/mol. The highest BCUT2D eigenvalue weighted by molar-refractivity contribution is 5.79. The Bertz CT molecular complexity index is 560. The van der Waals surface area contributed by atoms with Crippen molar-refractivity contribution in [1.82, 2.24) is 20.2 Å². The second-order valence-electron chi connectivity index (χ2n) is 7.54. The van der Waals surface area contributed by atoms with E-state index in [1.807, 2.05) is 7.05 Å². The van der Waals surface area contributed by atoms with Crippen molar-refractivity contribution in [3.05, 3.63) is 18.6 Å². The number of rotatable bonds is 3. The van der Waals surface area contributed by atoms with Crippen LogP contribution >= 0.6 is 0 Å².